The van der Waals surface area contributed by atoms with Crippen LogP contribution in [0.5, 0.6) is 5.75 Å². The third-order valence-corrected chi connectivity index (χ3v) is 3.66. The summed E-state index contributed by atoms with van der Waals surface area (Å²) < 4.78 is 5.53. The molecule has 0 saturated carbocycles. The van der Waals surface area contributed by atoms with Gasteiger partial charge in [0.05, 0.1) is 4.92 Å². The molecular weight excluding hydrogens is 272 g/mol. The molecule has 0 amide bonds. The summed E-state index contributed by atoms with van der Waals surface area (Å²) in [5.74, 6) is 0.119. The van der Waals surface area contributed by atoms with Crippen LogP contribution < -0.4 is 4.74 Å². The number of carbonyl (C=O) groups is 1. The van der Waals surface area contributed by atoms with Crippen molar-refractivity contribution in [3.05, 3.63) is 33.9 Å². The Labute approximate surface area is 123 Å². The SMILES string of the molecule is CCC(=O)c1ccc(OCCN2CCCC2)c([N+](=O)[O-])c1. The van der Waals surface area contributed by atoms with Gasteiger partial charge in [-0.25, -0.2) is 0 Å². The van der Waals surface area contributed by atoms with Gasteiger partial charge in [-0.05, 0) is 38.1 Å². The molecule has 0 bridgehead atoms. The molecule has 0 spiro atoms. The molecule has 114 valence electrons. The highest BCUT2D eigenvalue weighted by atomic mass is 16.6. The molecule has 0 atom stereocenters. The highest BCUT2D eigenvalue weighted by Gasteiger charge is 2.19. The Morgan fingerprint density at radius 1 is 1.38 bits per heavy atom. The fourth-order valence-electron chi connectivity index (χ4n) is 2.45. The summed E-state index contributed by atoms with van der Waals surface area (Å²) in [4.78, 5) is 24.5. The van der Waals surface area contributed by atoms with Gasteiger partial charge >= 0.3 is 5.69 Å². The van der Waals surface area contributed by atoms with Gasteiger partial charge in [-0.1, -0.05) is 6.92 Å². The zero-order valence-corrected chi connectivity index (χ0v) is 12.2. The van der Waals surface area contributed by atoms with E-state index in [2.05, 4.69) is 4.90 Å². The average Bonchev–Trinajstić information content (AvgIpc) is 2.99. The summed E-state index contributed by atoms with van der Waals surface area (Å²) >= 11 is 0. The Balaban J connectivity index is 2.03. The average molecular weight is 292 g/mol. The topological polar surface area (TPSA) is 72.7 Å². The van der Waals surface area contributed by atoms with E-state index < -0.39 is 4.92 Å². The van der Waals surface area contributed by atoms with Gasteiger partial charge in [0.25, 0.3) is 0 Å². The third-order valence-electron chi connectivity index (χ3n) is 3.66. The van der Waals surface area contributed by atoms with E-state index in [1.54, 1.807) is 13.0 Å². The first-order valence-electron chi connectivity index (χ1n) is 7.28. The number of rotatable bonds is 7. The molecule has 6 nitrogen and oxygen atoms in total. The van der Waals surface area contributed by atoms with Crippen molar-refractivity contribution in [3.8, 4) is 5.75 Å². The van der Waals surface area contributed by atoms with Gasteiger partial charge in [0, 0.05) is 24.6 Å². The normalized spacial score (nSPS) is 15.1. The Bertz CT molecular complexity index is 524. The summed E-state index contributed by atoms with van der Waals surface area (Å²) in [5, 5.41) is 11.1. The predicted octanol–water partition coefficient (Wildman–Crippen LogP) is 2.66. The van der Waals surface area contributed by atoms with Gasteiger partial charge in [-0.15, -0.1) is 0 Å². The van der Waals surface area contributed by atoms with E-state index in [4.69, 9.17) is 4.74 Å². The fourth-order valence-corrected chi connectivity index (χ4v) is 2.45. The summed E-state index contributed by atoms with van der Waals surface area (Å²) in [6, 6.07) is 4.41. The van der Waals surface area contributed by atoms with Crippen LogP contribution in [0.15, 0.2) is 18.2 Å². The first-order valence-corrected chi connectivity index (χ1v) is 7.28. The largest absolute Gasteiger partial charge is 0.485 e. The van der Waals surface area contributed by atoms with Crippen LogP contribution in [0, 0.1) is 10.1 Å². The minimum absolute atomic E-state index is 0.110. The number of ether oxygens (including phenoxy) is 1. The second-order valence-corrected chi connectivity index (χ2v) is 5.11. The minimum atomic E-state index is -0.502. The number of hydrogen-bond acceptors (Lipinski definition) is 5. The zero-order valence-electron chi connectivity index (χ0n) is 12.2. The number of carbonyl (C=O) groups excluding carboxylic acids is 1. The van der Waals surface area contributed by atoms with Crippen LogP contribution in [0.1, 0.15) is 36.5 Å². The summed E-state index contributed by atoms with van der Waals surface area (Å²) in [5.41, 5.74) is 0.215. The number of nitro groups is 1. The molecule has 0 aliphatic carbocycles. The number of hydrogen-bond donors (Lipinski definition) is 0. The Hall–Kier alpha value is -1.95. The van der Waals surface area contributed by atoms with Crippen molar-refractivity contribution in [1.29, 1.82) is 0 Å². The van der Waals surface area contributed by atoms with Gasteiger partial charge in [-0.3, -0.25) is 19.8 Å². The first kappa shape index (κ1) is 15.4. The van der Waals surface area contributed by atoms with E-state index >= 15 is 0 Å². The van der Waals surface area contributed by atoms with Crippen molar-refractivity contribution >= 4 is 11.5 Å². The second-order valence-electron chi connectivity index (χ2n) is 5.11. The molecule has 2 rings (SSSR count). The van der Waals surface area contributed by atoms with E-state index in [0.717, 1.165) is 19.6 Å². The third kappa shape index (κ3) is 4.01. The molecule has 1 aliphatic heterocycles. The van der Waals surface area contributed by atoms with Crippen LogP contribution in [0.2, 0.25) is 0 Å². The minimum Gasteiger partial charge on any atom is -0.485 e. The van der Waals surface area contributed by atoms with Crippen LogP contribution in [0.25, 0.3) is 0 Å². The molecule has 0 aromatic heterocycles. The number of nitrogens with zero attached hydrogens (tertiary/aromatic N) is 2. The van der Waals surface area contributed by atoms with Crippen LogP contribution in [-0.2, 0) is 0 Å². The molecule has 1 aromatic carbocycles. The van der Waals surface area contributed by atoms with Crippen LogP contribution in [-0.4, -0.2) is 41.8 Å². The molecule has 0 N–H and O–H groups in total. The van der Waals surface area contributed by atoms with Crippen molar-refractivity contribution < 1.29 is 14.5 Å². The van der Waals surface area contributed by atoms with Gasteiger partial charge < -0.3 is 4.74 Å². The standard InChI is InChI=1S/C15H20N2O4/c1-2-14(18)12-5-6-15(13(11-12)17(19)20)21-10-9-16-7-3-4-8-16/h5-6,11H,2-4,7-10H2,1H3. The molecule has 21 heavy (non-hydrogen) atoms. The monoisotopic (exact) mass is 292 g/mol. The zero-order chi connectivity index (χ0) is 15.2. The maximum Gasteiger partial charge on any atom is 0.311 e. The number of nitro benzene ring substituents is 1. The Morgan fingerprint density at radius 3 is 2.71 bits per heavy atom. The molecule has 0 unspecified atom stereocenters. The van der Waals surface area contributed by atoms with E-state index in [9.17, 15) is 14.9 Å². The Morgan fingerprint density at radius 2 is 2.10 bits per heavy atom. The predicted molar refractivity (Wildman–Crippen MR) is 78.9 cm³/mol. The van der Waals surface area contributed by atoms with Crippen molar-refractivity contribution in [2.75, 3.05) is 26.2 Å². The van der Waals surface area contributed by atoms with E-state index in [0.29, 0.717) is 18.6 Å². The smallest absolute Gasteiger partial charge is 0.311 e. The van der Waals surface area contributed by atoms with E-state index in [1.807, 2.05) is 0 Å². The summed E-state index contributed by atoms with van der Waals surface area (Å²) in [6.45, 7) is 5.05. The second kappa shape index (κ2) is 7.17. The number of benzene rings is 1. The Kier molecular flexibility index (Phi) is 5.27. The van der Waals surface area contributed by atoms with Gasteiger partial charge in [0.2, 0.25) is 0 Å². The maximum absolute atomic E-state index is 11.6. The van der Waals surface area contributed by atoms with Gasteiger partial charge in [-0.2, -0.15) is 0 Å². The van der Waals surface area contributed by atoms with Crippen molar-refractivity contribution in [2.24, 2.45) is 0 Å². The van der Waals surface area contributed by atoms with Gasteiger partial charge in [0.1, 0.15) is 6.61 Å². The molecule has 1 fully saturated rings. The van der Waals surface area contributed by atoms with E-state index in [1.165, 1.54) is 25.0 Å². The lowest BCUT2D eigenvalue weighted by atomic mass is 10.1. The van der Waals surface area contributed by atoms with Crippen molar-refractivity contribution in [1.82, 2.24) is 4.90 Å². The van der Waals surface area contributed by atoms with Crippen molar-refractivity contribution in [2.45, 2.75) is 26.2 Å². The van der Waals surface area contributed by atoms with Crippen molar-refractivity contribution in [3.63, 3.8) is 0 Å². The first-order chi connectivity index (χ1) is 10.1. The molecule has 1 saturated heterocycles. The lowest BCUT2D eigenvalue weighted by Crippen LogP contribution is -2.25. The molecule has 1 aromatic rings. The molecule has 0 radical (unpaired) electrons. The highest BCUT2D eigenvalue weighted by Crippen LogP contribution is 2.28. The van der Waals surface area contributed by atoms with Crippen LogP contribution >= 0.6 is 0 Å². The van der Waals surface area contributed by atoms with Crippen LogP contribution in [0.3, 0.4) is 0 Å². The summed E-state index contributed by atoms with van der Waals surface area (Å²) in [6.07, 6.45) is 2.73. The van der Waals surface area contributed by atoms with Gasteiger partial charge in [0.15, 0.2) is 11.5 Å². The quantitative estimate of drug-likeness (QED) is 0.439. The fraction of sp³-hybridized carbons (Fsp3) is 0.533. The molecular formula is C15H20N2O4. The lowest BCUT2D eigenvalue weighted by Gasteiger charge is -2.15. The highest BCUT2D eigenvalue weighted by molar-refractivity contribution is 5.96. The maximum atomic E-state index is 11.6. The number of Topliss-reactive ketones (excluding diaryl/α,β-unsaturated/α-hetero) is 1. The molecule has 6 heteroatoms. The number of ketones is 1. The lowest BCUT2D eigenvalue weighted by molar-refractivity contribution is -0.385. The number of likely N-dealkylation sites (tertiary alicyclic amines) is 1. The molecule has 1 aliphatic rings. The summed E-state index contributed by atoms with van der Waals surface area (Å²) in [7, 11) is 0. The van der Waals surface area contributed by atoms with Crippen LogP contribution in [0.4, 0.5) is 5.69 Å². The van der Waals surface area contributed by atoms with E-state index in [-0.39, 0.29) is 17.2 Å². The molecule has 1 heterocycles.